The van der Waals surface area contributed by atoms with Gasteiger partial charge in [-0.2, -0.15) is 0 Å². The van der Waals surface area contributed by atoms with Gasteiger partial charge in [0.25, 0.3) is 0 Å². The predicted molar refractivity (Wildman–Crippen MR) is 146 cm³/mol. The first kappa shape index (κ1) is 22.0. The molecule has 36 heavy (non-hydrogen) atoms. The van der Waals surface area contributed by atoms with Crippen molar-refractivity contribution < 1.29 is 4.79 Å². The van der Waals surface area contributed by atoms with E-state index in [2.05, 4.69) is 34.5 Å². The highest BCUT2D eigenvalue weighted by Crippen LogP contribution is 2.39. The molecular weight excluding hydrogens is 486 g/mol. The minimum atomic E-state index is 0.0400. The zero-order valence-electron chi connectivity index (χ0n) is 20.0. The minimum absolute atomic E-state index is 0.0400. The molecule has 0 saturated heterocycles. The third kappa shape index (κ3) is 3.46. The molecule has 0 N–H and O–H groups in total. The Hall–Kier alpha value is -3.23. The number of hydrogen-bond acceptors (Lipinski definition) is 6. The molecule has 8 heteroatoms. The Kier molecular flexibility index (Phi) is 5.32. The van der Waals surface area contributed by atoms with Crippen LogP contribution < -0.4 is 4.90 Å². The van der Waals surface area contributed by atoms with E-state index in [-0.39, 0.29) is 11.7 Å². The lowest BCUT2D eigenvalue weighted by Crippen LogP contribution is -2.28. The Labute approximate surface area is 217 Å². The Morgan fingerprint density at radius 3 is 2.39 bits per heavy atom. The van der Waals surface area contributed by atoms with Gasteiger partial charge in [0.05, 0.1) is 22.5 Å². The number of hydrogen-bond donors (Lipinski definition) is 0. The summed E-state index contributed by atoms with van der Waals surface area (Å²) in [4.78, 5) is 23.1. The van der Waals surface area contributed by atoms with E-state index >= 15 is 0 Å². The van der Waals surface area contributed by atoms with Crippen molar-refractivity contribution in [3.63, 3.8) is 0 Å². The maximum Gasteiger partial charge on any atom is 0.242 e. The van der Waals surface area contributed by atoms with Crippen LogP contribution in [0.1, 0.15) is 40.2 Å². The highest BCUT2D eigenvalue weighted by molar-refractivity contribution is 7.99. The van der Waals surface area contributed by atoms with Gasteiger partial charge in [0, 0.05) is 4.88 Å². The third-order valence-corrected chi connectivity index (χ3v) is 9.40. The molecule has 1 aliphatic carbocycles. The van der Waals surface area contributed by atoms with Gasteiger partial charge in [-0.1, -0.05) is 48.2 Å². The second kappa shape index (κ2) is 8.71. The summed E-state index contributed by atoms with van der Waals surface area (Å²) in [6.07, 6.45) is 6.51. The van der Waals surface area contributed by atoms with E-state index in [1.54, 1.807) is 11.3 Å². The highest BCUT2D eigenvalue weighted by Gasteiger charge is 2.27. The SMILES string of the molecule is Cc1nc2sc3c(c2c2nnc(SCC(=O)N4c5ccccc5CCc5ccccc54)n12)CCCC3. The Balaban J connectivity index is 1.25. The fourth-order valence-electron chi connectivity index (χ4n) is 5.61. The van der Waals surface area contributed by atoms with Crippen LogP contribution in [-0.2, 0) is 30.5 Å². The zero-order valence-corrected chi connectivity index (χ0v) is 21.7. The summed E-state index contributed by atoms with van der Waals surface area (Å²) < 4.78 is 2.03. The number of thiophene rings is 1. The number of aromatic nitrogens is 4. The van der Waals surface area contributed by atoms with Crippen LogP contribution in [0, 0.1) is 6.92 Å². The van der Waals surface area contributed by atoms with Gasteiger partial charge < -0.3 is 0 Å². The number of rotatable bonds is 3. The number of aryl methyl sites for hydroxylation is 5. The molecule has 180 valence electrons. The lowest BCUT2D eigenvalue weighted by Gasteiger charge is -2.24. The first-order valence-electron chi connectivity index (χ1n) is 12.5. The summed E-state index contributed by atoms with van der Waals surface area (Å²) in [5.41, 5.74) is 6.62. The minimum Gasteiger partial charge on any atom is -0.280 e. The number of benzene rings is 2. The number of anilines is 2. The maximum absolute atomic E-state index is 13.8. The molecule has 0 atom stereocenters. The van der Waals surface area contributed by atoms with Crippen LogP contribution in [-0.4, -0.2) is 31.2 Å². The van der Waals surface area contributed by atoms with Gasteiger partial charge in [-0.25, -0.2) is 4.98 Å². The average Bonchev–Trinajstić information content (AvgIpc) is 3.44. The van der Waals surface area contributed by atoms with E-state index < -0.39 is 0 Å². The van der Waals surface area contributed by atoms with Crippen molar-refractivity contribution in [2.24, 2.45) is 0 Å². The van der Waals surface area contributed by atoms with Crippen molar-refractivity contribution in [3.8, 4) is 0 Å². The molecule has 0 unspecified atom stereocenters. The molecule has 0 saturated carbocycles. The van der Waals surface area contributed by atoms with Crippen LogP contribution in [0.5, 0.6) is 0 Å². The molecule has 5 aromatic rings. The molecule has 0 fully saturated rings. The van der Waals surface area contributed by atoms with Crippen LogP contribution in [0.2, 0.25) is 0 Å². The van der Waals surface area contributed by atoms with Gasteiger partial charge >= 0.3 is 0 Å². The number of carbonyl (C=O) groups is 1. The molecule has 3 aromatic heterocycles. The largest absolute Gasteiger partial charge is 0.280 e. The van der Waals surface area contributed by atoms with Crippen LogP contribution in [0.15, 0.2) is 53.7 Å². The van der Waals surface area contributed by atoms with E-state index in [0.717, 1.165) is 63.9 Å². The average molecular weight is 512 g/mol. The zero-order chi connectivity index (χ0) is 24.2. The molecule has 4 heterocycles. The quantitative estimate of drug-likeness (QED) is 0.275. The van der Waals surface area contributed by atoms with Gasteiger partial charge in [-0.3, -0.25) is 14.1 Å². The molecule has 7 rings (SSSR count). The summed E-state index contributed by atoms with van der Waals surface area (Å²) in [5.74, 6) is 1.17. The number of fused-ring (bicyclic) bond motifs is 7. The lowest BCUT2D eigenvalue weighted by molar-refractivity contribution is -0.115. The Morgan fingerprint density at radius 2 is 1.64 bits per heavy atom. The Morgan fingerprint density at radius 1 is 0.944 bits per heavy atom. The van der Waals surface area contributed by atoms with E-state index in [1.165, 1.54) is 46.2 Å². The molecule has 1 aliphatic heterocycles. The fourth-order valence-corrected chi connectivity index (χ4v) is 7.74. The standard InChI is InChI=1S/C28H25N5OS2/c1-17-29-27-25(20-10-4-7-13-23(20)36-27)26-30-31-28(32(17)26)35-16-24(34)33-21-11-5-2-8-18(21)14-15-19-9-3-6-12-22(19)33/h2-3,5-6,8-9,11-12H,4,7,10,13-16H2,1H3. The van der Waals surface area contributed by atoms with Gasteiger partial charge in [0.2, 0.25) is 5.91 Å². The van der Waals surface area contributed by atoms with Crippen molar-refractivity contribution in [2.45, 2.75) is 50.6 Å². The third-order valence-electron chi connectivity index (χ3n) is 7.30. The molecule has 0 spiro atoms. The van der Waals surface area contributed by atoms with E-state index in [4.69, 9.17) is 4.98 Å². The first-order chi connectivity index (χ1) is 17.7. The summed E-state index contributed by atoms with van der Waals surface area (Å²) in [6, 6.07) is 16.5. The first-order valence-corrected chi connectivity index (χ1v) is 14.3. The predicted octanol–water partition coefficient (Wildman–Crippen LogP) is 6.08. The summed E-state index contributed by atoms with van der Waals surface area (Å²) in [6.45, 7) is 2.00. The normalized spacial score (nSPS) is 15.0. The number of thioether (sulfide) groups is 1. The van der Waals surface area contributed by atoms with Gasteiger partial charge in [0.15, 0.2) is 10.8 Å². The number of para-hydroxylation sites is 2. The number of amides is 1. The number of carbonyl (C=O) groups excluding carboxylic acids is 1. The van der Waals surface area contributed by atoms with Crippen molar-refractivity contribution in [2.75, 3.05) is 10.7 Å². The van der Waals surface area contributed by atoms with Crippen LogP contribution in [0.3, 0.4) is 0 Å². The van der Waals surface area contributed by atoms with Crippen molar-refractivity contribution in [1.82, 2.24) is 19.6 Å². The van der Waals surface area contributed by atoms with Crippen LogP contribution in [0.25, 0.3) is 15.9 Å². The maximum atomic E-state index is 13.8. The van der Waals surface area contributed by atoms with Crippen molar-refractivity contribution in [1.29, 1.82) is 0 Å². The molecule has 0 radical (unpaired) electrons. The molecule has 2 aliphatic rings. The topological polar surface area (TPSA) is 63.4 Å². The summed E-state index contributed by atoms with van der Waals surface area (Å²) in [5, 5.41) is 11.0. The summed E-state index contributed by atoms with van der Waals surface area (Å²) >= 11 is 3.24. The number of nitrogens with zero attached hydrogens (tertiary/aromatic N) is 5. The molecule has 1 amide bonds. The molecule has 0 bridgehead atoms. The summed E-state index contributed by atoms with van der Waals surface area (Å²) in [7, 11) is 0. The second-order valence-corrected chi connectivity index (χ2v) is 11.5. The van der Waals surface area contributed by atoms with Crippen molar-refractivity contribution in [3.05, 3.63) is 75.9 Å². The van der Waals surface area contributed by atoms with E-state index in [9.17, 15) is 4.79 Å². The second-order valence-electron chi connectivity index (χ2n) is 9.47. The van der Waals surface area contributed by atoms with Crippen LogP contribution in [0.4, 0.5) is 11.4 Å². The molecular formula is C28H25N5OS2. The monoisotopic (exact) mass is 511 g/mol. The Bertz CT molecular complexity index is 1610. The fraction of sp³-hybridized carbons (Fsp3) is 0.286. The van der Waals surface area contributed by atoms with E-state index in [1.807, 2.05) is 40.5 Å². The van der Waals surface area contributed by atoms with Gasteiger partial charge in [0.1, 0.15) is 10.7 Å². The van der Waals surface area contributed by atoms with Gasteiger partial charge in [-0.15, -0.1) is 21.5 Å². The molecule has 6 nitrogen and oxygen atoms in total. The molecule has 2 aromatic carbocycles. The van der Waals surface area contributed by atoms with E-state index in [0.29, 0.717) is 0 Å². The lowest BCUT2D eigenvalue weighted by atomic mass is 9.97. The smallest absolute Gasteiger partial charge is 0.242 e. The van der Waals surface area contributed by atoms with Crippen molar-refractivity contribution >= 4 is 56.2 Å². The highest BCUT2D eigenvalue weighted by atomic mass is 32.2. The van der Waals surface area contributed by atoms with Crippen LogP contribution >= 0.6 is 23.1 Å². The van der Waals surface area contributed by atoms with Gasteiger partial charge in [-0.05, 0) is 74.3 Å².